The molecule has 1 amide bonds. The second-order valence-electron chi connectivity index (χ2n) is 7.23. The third kappa shape index (κ3) is 4.16. The highest BCUT2D eigenvalue weighted by Gasteiger charge is 2.27. The molecule has 4 heteroatoms. The van der Waals surface area contributed by atoms with Crippen LogP contribution in [0.2, 0.25) is 0 Å². The number of rotatable bonds is 5. The van der Waals surface area contributed by atoms with Crippen molar-refractivity contribution in [2.45, 2.75) is 39.7 Å². The molecule has 0 spiro atoms. The molecule has 1 atom stereocenters. The van der Waals surface area contributed by atoms with Crippen molar-refractivity contribution in [3.8, 4) is 16.9 Å². The summed E-state index contributed by atoms with van der Waals surface area (Å²) in [5.74, 6) is 0.987. The summed E-state index contributed by atoms with van der Waals surface area (Å²) in [6, 6.07) is 12.3. The van der Waals surface area contributed by atoms with Gasteiger partial charge in [0, 0.05) is 12.1 Å². The molecule has 2 aromatic carbocycles. The number of aryl methyl sites for hydroxylation is 2. The lowest BCUT2D eigenvalue weighted by Gasteiger charge is -2.35. The summed E-state index contributed by atoms with van der Waals surface area (Å²) in [6.07, 6.45) is 2.02. The summed E-state index contributed by atoms with van der Waals surface area (Å²) in [4.78, 5) is 15.2. The molecule has 0 bridgehead atoms. The van der Waals surface area contributed by atoms with Crippen LogP contribution in [0.1, 0.15) is 41.3 Å². The van der Waals surface area contributed by atoms with E-state index in [1.807, 2.05) is 30.0 Å². The molecule has 27 heavy (non-hydrogen) atoms. The van der Waals surface area contributed by atoms with Crippen LogP contribution in [0.25, 0.3) is 11.1 Å². The largest absolute Gasteiger partial charge is 0.496 e. The van der Waals surface area contributed by atoms with E-state index < -0.39 is 0 Å². The van der Waals surface area contributed by atoms with Crippen LogP contribution in [0.15, 0.2) is 36.4 Å². The monoisotopic (exact) mass is 367 g/mol. The van der Waals surface area contributed by atoms with Crippen LogP contribution in [-0.2, 0) is 4.74 Å². The summed E-state index contributed by atoms with van der Waals surface area (Å²) in [7, 11) is 1.69. The van der Waals surface area contributed by atoms with Crippen molar-refractivity contribution in [2.75, 3.05) is 26.9 Å². The number of carbonyl (C=O) groups excluding carboxylic acids is 1. The van der Waals surface area contributed by atoms with Crippen LogP contribution < -0.4 is 4.74 Å². The molecule has 0 N–H and O–H groups in total. The van der Waals surface area contributed by atoms with Gasteiger partial charge < -0.3 is 14.4 Å². The Bertz CT molecular complexity index is 813. The Labute approximate surface area is 162 Å². The van der Waals surface area contributed by atoms with Crippen LogP contribution in [0.3, 0.4) is 0 Å². The first-order valence-electron chi connectivity index (χ1n) is 9.69. The van der Waals surface area contributed by atoms with E-state index in [0.29, 0.717) is 19.8 Å². The van der Waals surface area contributed by atoms with E-state index in [2.05, 4.69) is 32.0 Å². The lowest BCUT2D eigenvalue weighted by molar-refractivity contribution is -0.00433. The lowest BCUT2D eigenvalue weighted by atomic mass is 9.96. The quantitative estimate of drug-likeness (QED) is 0.774. The number of nitrogens with zero attached hydrogens (tertiary/aromatic N) is 1. The number of ether oxygens (including phenoxy) is 2. The Morgan fingerprint density at radius 3 is 2.78 bits per heavy atom. The molecule has 0 saturated carbocycles. The predicted octanol–water partition coefficient (Wildman–Crippen LogP) is 4.62. The van der Waals surface area contributed by atoms with Crippen LogP contribution >= 0.6 is 0 Å². The molecule has 1 aliphatic rings. The van der Waals surface area contributed by atoms with E-state index in [-0.39, 0.29) is 11.9 Å². The van der Waals surface area contributed by atoms with Crippen LogP contribution in [0.5, 0.6) is 5.75 Å². The fraction of sp³-hybridized carbons (Fsp3) is 0.435. The first-order valence-corrected chi connectivity index (χ1v) is 9.69. The van der Waals surface area contributed by atoms with Crippen molar-refractivity contribution in [2.24, 2.45) is 0 Å². The number of carbonyl (C=O) groups is 1. The Kier molecular flexibility index (Phi) is 6.17. The molecule has 4 nitrogen and oxygen atoms in total. The Morgan fingerprint density at radius 1 is 1.22 bits per heavy atom. The topological polar surface area (TPSA) is 38.8 Å². The number of amides is 1. The van der Waals surface area contributed by atoms with E-state index in [1.165, 1.54) is 0 Å². The first kappa shape index (κ1) is 19.4. The minimum absolute atomic E-state index is 0.0986. The highest BCUT2D eigenvalue weighted by atomic mass is 16.5. The van der Waals surface area contributed by atoms with Gasteiger partial charge in [0.1, 0.15) is 5.75 Å². The van der Waals surface area contributed by atoms with Gasteiger partial charge in [-0.2, -0.15) is 0 Å². The number of hydrogen-bond donors (Lipinski definition) is 0. The van der Waals surface area contributed by atoms with Gasteiger partial charge in [0.25, 0.3) is 5.91 Å². The van der Waals surface area contributed by atoms with Crippen molar-refractivity contribution in [3.63, 3.8) is 0 Å². The molecule has 1 saturated heterocycles. The molecule has 2 aromatic rings. The molecule has 0 radical (unpaired) electrons. The van der Waals surface area contributed by atoms with Gasteiger partial charge in [0.2, 0.25) is 0 Å². The van der Waals surface area contributed by atoms with Crippen molar-refractivity contribution in [1.29, 1.82) is 0 Å². The van der Waals surface area contributed by atoms with Crippen LogP contribution in [0, 0.1) is 13.8 Å². The summed E-state index contributed by atoms with van der Waals surface area (Å²) in [5.41, 5.74) is 5.16. The van der Waals surface area contributed by atoms with Gasteiger partial charge in [-0.3, -0.25) is 4.79 Å². The molecule has 1 heterocycles. The zero-order valence-corrected chi connectivity index (χ0v) is 16.7. The SMILES string of the molecule is CCC[C@@H]1COCCN1C(=O)c1cccc(-c2cc(C)c(OC)cc2C)c1. The minimum Gasteiger partial charge on any atom is -0.496 e. The van der Waals surface area contributed by atoms with E-state index in [0.717, 1.165) is 46.4 Å². The van der Waals surface area contributed by atoms with Crippen molar-refractivity contribution in [3.05, 3.63) is 53.1 Å². The molecule has 1 aliphatic heterocycles. The van der Waals surface area contributed by atoms with E-state index in [9.17, 15) is 4.79 Å². The molecule has 0 unspecified atom stereocenters. The second-order valence-corrected chi connectivity index (χ2v) is 7.23. The summed E-state index contributed by atoms with van der Waals surface area (Å²) < 4.78 is 11.0. The summed E-state index contributed by atoms with van der Waals surface area (Å²) in [6.45, 7) is 8.17. The maximum atomic E-state index is 13.2. The number of hydrogen-bond acceptors (Lipinski definition) is 3. The molecular formula is C23H29NO3. The smallest absolute Gasteiger partial charge is 0.254 e. The Hall–Kier alpha value is -2.33. The van der Waals surface area contributed by atoms with Gasteiger partial charge in [0.15, 0.2) is 0 Å². The molecule has 3 rings (SSSR count). The molecule has 1 fully saturated rings. The maximum absolute atomic E-state index is 13.2. The molecule has 0 aromatic heterocycles. The fourth-order valence-corrected chi connectivity index (χ4v) is 3.80. The van der Waals surface area contributed by atoms with Crippen LogP contribution in [-0.4, -0.2) is 43.7 Å². The highest BCUT2D eigenvalue weighted by molar-refractivity contribution is 5.96. The van der Waals surface area contributed by atoms with Gasteiger partial charge in [-0.15, -0.1) is 0 Å². The zero-order chi connectivity index (χ0) is 19.4. The lowest BCUT2D eigenvalue weighted by Crippen LogP contribution is -2.48. The molecule has 144 valence electrons. The third-order valence-corrected chi connectivity index (χ3v) is 5.27. The van der Waals surface area contributed by atoms with Gasteiger partial charge in [-0.25, -0.2) is 0 Å². The first-order chi connectivity index (χ1) is 13.0. The van der Waals surface area contributed by atoms with Crippen molar-refractivity contribution >= 4 is 5.91 Å². The fourth-order valence-electron chi connectivity index (χ4n) is 3.80. The standard InChI is InChI=1S/C23H29NO3/c1-5-7-20-15-27-11-10-24(20)23(25)19-9-6-8-18(14-19)21-12-17(3)22(26-4)13-16(21)2/h6,8-9,12-14,20H,5,7,10-11,15H2,1-4H3/t20-/m1/s1. The Balaban J connectivity index is 1.91. The minimum atomic E-state index is 0.0986. The number of methoxy groups -OCH3 is 1. The third-order valence-electron chi connectivity index (χ3n) is 5.27. The summed E-state index contributed by atoms with van der Waals surface area (Å²) in [5, 5.41) is 0. The Morgan fingerprint density at radius 2 is 2.04 bits per heavy atom. The molecular weight excluding hydrogens is 338 g/mol. The zero-order valence-electron chi connectivity index (χ0n) is 16.7. The summed E-state index contributed by atoms with van der Waals surface area (Å²) >= 11 is 0. The average molecular weight is 367 g/mol. The van der Waals surface area contributed by atoms with Gasteiger partial charge in [0.05, 0.1) is 26.4 Å². The van der Waals surface area contributed by atoms with Crippen LogP contribution in [0.4, 0.5) is 0 Å². The normalized spacial score (nSPS) is 17.0. The average Bonchev–Trinajstić information content (AvgIpc) is 2.69. The number of benzene rings is 2. The second kappa shape index (κ2) is 8.57. The van der Waals surface area contributed by atoms with Gasteiger partial charge >= 0.3 is 0 Å². The van der Waals surface area contributed by atoms with Crippen molar-refractivity contribution < 1.29 is 14.3 Å². The van der Waals surface area contributed by atoms with Gasteiger partial charge in [-0.1, -0.05) is 25.5 Å². The number of morpholine rings is 1. The van der Waals surface area contributed by atoms with E-state index >= 15 is 0 Å². The predicted molar refractivity (Wildman–Crippen MR) is 108 cm³/mol. The van der Waals surface area contributed by atoms with E-state index in [1.54, 1.807) is 7.11 Å². The maximum Gasteiger partial charge on any atom is 0.254 e. The van der Waals surface area contributed by atoms with Gasteiger partial charge in [-0.05, 0) is 66.8 Å². The molecule has 0 aliphatic carbocycles. The van der Waals surface area contributed by atoms with E-state index in [4.69, 9.17) is 9.47 Å². The highest BCUT2D eigenvalue weighted by Crippen LogP contribution is 2.31. The van der Waals surface area contributed by atoms with Crippen molar-refractivity contribution in [1.82, 2.24) is 4.90 Å².